The molecule has 2 aliphatic heterocycles. The van der Waals surface area contributed by atoms with Crippen LogP contribution in [0.25, 0.3) is 16.7 Å². The van der Waals surface area contributed by atoms with Gasteiger partial charge in [-0.2, -0.15) is 5.10 Å². The van der Waals surface area contributed by atoms with E-state index in [0.29, 0.717) is 42.6 Å². The van der Waals surface area contributed by atoms with Crippen molar-refractivity contribution in [2.24, 2.45) is 0 Å². The zero-order valence-corrected chi connectivity index (χ0v) is 19.1. The highest BCUT2D eigenvalue weighted by molar-refractivity contribution is 5.73. The molecule has 0 radical (unpaired) electrons. The number of allylic oxidation sites excluding steroid dienone is 2. The standard InChI is InChI=1S/C26H29N5O3/c32-26-21-16-27-31(18-11-13-33-14-12-18)25(21)29-23(30-26)15-17-5-1-2-8-20(17)22-9-4-10-24(28-22)34-19-6-3-7-19/h1-2,4-5,8-10,16,18-19,24,28H,3,6-7,11-15H2,(H,29,30,32). The molecule has 3 aromatic rings. The van der Waals surface area contributed by atoms with E-state index in [2.05, 4.69) is 39.7 Å². The summed E-state index contributed by atoms with van der Waals surface area (Å²) in [7, 11) is 0. The van der Waals surface area contributed by atoms with Crippen LogP contribution in [0.4, 0.5) is 0 Å². The predicted molar refractivity (Wildman–Crippen MR) is 129 cm³/mol. The van der Waals surface area contributed by atoms with Crippen molar-refractivity contribution in [3.05, 3.63) is 76.0 Å². The van der Waals surface area contributed by atoms with Gasteiger partial charge in [0.1, 0.15) is 17.4 Å². The molecule has 1 aromatic carbocycles. The highest BCUT2D eigenvalue weighted by Crippen LogP contribution is 2.27. The molecule has 1 aliphatic carbocycles. The van der Waals surface area contributed by atoms with E-state index in [4.69, 9.17) is 14.5 Å². The van der Waals surface area contributed by atoms with Crippen LogP contribution in [0, 0.1) is 0 Å². The number of rotatable bonds is 6. The van der Waals surface area contributed by atoms with E-state index in [9.17, 15) is 4.79 Å². The van der Waals surface area contributed by atoms with Gasteiger partial charge in [0.25, 0.3) is 5.56 Å². The number of H-pyrrole nitrogens is 1. The van der Waals surface area contributed by atoms with Crippen molar-refractivity contribution in [3.8, 4) is 0 Å². The molecule has 1 unspecified atom stereocenters. The zero-order chi connectivity index (χ0) is 22.9. The highest BCUT2D eigenvalue weighted by Gasteiger charge is 2.24. The fourth-order valence-corrected chi connectivity index (χ4v) is 4.84. The minimum Gasteiger partial charge on any atom is -0.381 e. The maximum atomic E-state index is 12.8. The van der Waals surface area contributed by atoms with Crippen molar-refractivity contribution >= 4 is 16.7 Å². The quantitative estimate of drug-likeness (QED) is 0.586. The Morgan fingerprint density at radius 2 is 2.00 bits per heavy atom. The van der Waals surface area contributed by atoms with Crippen LogP contribution < -0.4 is 10.9 Å². The smallest absolute Gasteiger partial charge is 0.262 e. The molecular weight excluding hydrogens is 430 g/mol. The summed E-state index contributed by atoms with van der Waals surface area (Å²) in [6.07, 6.45) is 13.8. The van der Waals surface area contributed by atoms with Crippen LogP contribution in [-0.2, 0) is 15.9 Å². The first-order valence-electron chi connectivity index (χ1n) is 12.2. The molecular formula is C26H29N5O3. The van der Waals surface area contributed by atoms with Gasteiger partial charge < -0.3 is 19.8 Å². The summed E-state index contributed by atoms with van der Waals surface area (Å²) in [5.74, 6) is 0.632. The van der Waals surface area contributed by atoms with Crippen molar-refractivity contribution in [2.75, 3.05) is 13.2 Å². The van der Waals surface area contributed by atoms with Gasteiger partial charge in [0, 0.05) is 30.9 Å². The number of fused-ring (bicyclic) bond motifs is 1. The van der Waals surface area contributed by atoms with Gasteiger partial charge in [0.05, 0.1) is 18.3 Å². The Morgan fingerprint density at radius 3 is 2.82 bits per heavy atom. The molecule has 0 amide bonds. The van der Waals surface area contributed by atoms with Gasteiger partial charge in [-0.15, -0.1) is 0 Å². The monoisotopic (exact) mass is 459 g/mol. The van der Waals surface area contributed by atoms with Crippen molar-refractivity contribution in [1.82, 2.24) is 25.1 Å². The number of aromatic amines is 1. The van der Waals surface area contributed by atoms with Gasteiger partial charge >= 0.3 is 0 Å². The first-order valence-corrected chi connectivity index (χ1v) is 12.2. The van der Waals surface area contributed by atoms with E-state index in [1.165, 1.54) is 6.42 Å². The van der Waals surface area contributed by atoms with E-state index in [0.717, 1.165) is 42.5 Å². The third-order valence-electron chi connectivity index (χ3n) is 6.95. The van der Waals surface area contributed by atoms with Gasteiger partial charge in [-0.25, -0.2) is 9.67 Å². The number of nitrogens with one attached hydrogen (secondary N) is 2. The van der Waals surface area contributed by atoms with E-state index >= 15 is 0 Å². The molecule has 1 saturated carbocycles. The van der Waals surface area contributed by atoms with E-state index in [-0.39, 0.29) is 17.8 Å². The van der Waals surface area contributed by atoms with E-state index in [1.54, 1.807) is 6.20 Å². The average molecular weight is 460 g/mol. The molecule has 1 saturated heterocycles. The van der Waals surface area contributed by atoms with Crippen molar-refractivity contribution in [2.45, 2.75) is 56.9 Å². The minimum absolute atomic E-state index is 0.124. The summed E-state index contributed by atoms with van der Waals surface area (Å²) in [5, 5.41) is 8.55. The fourth-order valence-electron chi connectivity index (χ4n) is 4.84. The van der Waals surface area contributed by atoms with Gasteiger partial charge in [-0.1, -0.05) is 30.3 Å². The summed E-state index contributed by atoms with van der Waals surface area (Å²) in [6, 6.07) is 8.43. The van der Waals surface area contributed by atoms with E-state index in [1.807, 2.05) is 22.9 Å². The number of aromatic nitrogens is 4. The normalized spacial score (nSPS) is 21.3. The van der Waals surface area contributed by atoms with Crippen LogP contribution >= 0.6 is 0 Å². The lowest BCUT2D eigenvalue weighted by Crippen LogP contribution is -2.36. The van der Waals surface area contributed by atoms with Gasteiger partial charge in [-0.3, -0.25) is 4.79 Å². The Kier molecular flexibility index (Phi) is 5.76. The Hall–Kier alpha value is -3.23. The Morgan fingerprint density at radius 1 is 1.15 bits per heavy atom. The molecule has 8 heteroatoms. The first kappa shape index (κ1) is 21.3. The maximum absolute atomic E-state index is 12.8. The molecule has 34 heavy (non-hydrogen) atoms. The highest BCUT2D eigenvalue weighted by atomic mass is 16.5. The molecule has 3 aliphatic rings. The van der Waals surface area contributed by atoms with Crippen LogP contribution in [0.15, 0.2) is 53.5 Å². The molecule has 0 bridgehead atoms. The molecule has 176 valence electrons. The lowest BCUT2D eigenvalue weighted by atomic mass is 9.96. The lowest BCUT2D eigenvalue weighted by molar-refractivity contribution is -0.0376. The third kappa shape index (κ3) is 4.19. The second-order valence-corrected chi connectivity index (χ2v) is 9.24. The molecule has 4 heterocycles. The number of dihydropyridines is 1. The third-order valence-corrected chi connectivity index (χ3v) is 6.95. The first-order chi connectivity index (χ1) is 16.7. The van der Waals surface area contributed by atoms with Gasteiger partial charge in [-0.05, 0) is 49.8 Å². The minimum atomic E-state index is -0.150. The molecule has 2 N–H and O–H groups in total. The van der Waals surface area contributed by atoms with Crippen LogP contribution in [0.5, 0.6) is 0 Å². The summed E-state index contributed by atoms with van der Waals surface area (Å²) < 4.78 is 13.5. The molecule has 0 spiro atoms. The van der Waals surface area contributed by atoms with Crippen LogP contribution in [-0.4, -0.2) is 45.3 Å². The van der Waals surface area contributed by atoms with Gasteiger partial charge in [0.15, 0.2) is 5.65 Å². The number of hydrogen-bond donors (Lipinski definition) is 2. The number of nitrogens with zero attached hydrogens (tertiary/aromatic N) is 3. The molecule has 6 rings (SSSR count). The summed E-state index contributed by atoms with van der Waals surface area (Å²) >= 11 is 0. The number of hydrogen-bond acceptors (Lipinski definition) is 6. The van der Waals surface area contributed by atoms with Crippen molar-refractivity contribution < 1.29 is 9.47 Å². The summed E-state index contributed by atoms with van der Waals surface area (Å²) in [5.41, 5.74) is 3.67. The largest absolute Gasteiger partial charge is 0.381 e. The van der Waals surface area contributed by atoms with Gasteiger partial charge in [0.2, 0.25) is 0 Å². The topological polar surface area (TPSA) is 94.1 Å². The second kappa shape index (κ2) is 9.19. The summed E-state index contributed by atoms with van der Waals surface area (Å²) in [6.45, 7) is 1.41. The fraction of sp³-hybridized carbons (Fsp3) is 0.423. The number of ether oxygens (including phenoxy) is 2. The zero-order valence-electron chi connectivity index (χ0n) is 19.1. The lowest BCUT2D eigenvalue weighted by Gasteiger charge is -2.32. The SMILES string of the molecule is O=c1[nH]c(Cc2ccccc2C2=CC=CC(OC3CCC3)N2)nc2c1cnn2C1CCOCC1. The van der Waals surface area contributed by atoms with Crippen LogP contribution in [0.3, 0.4) is 0 Å². The molecule has 2 aromatic heterocycles. The Labute approximate surface area is 197 Å². The van der Waals surface area contributed by atoms with Crippen molar-refractivity contribution in [3.63, 3.8) is 0 Å². The van der Waals surface area contributed by atoms with Crippen LogP contribution in [0.1, 0.15) is 55.1 Å². The van der Waals surface area contributed by atoms with Crippen LogP contribution in [0.2, 0.25) is 0 Å². The summed E-state index contributed by atoms with van der Waals surface area (Å²) in [4.78, 5) is 20.7. The Bertz CT molecular complexity index is 1300. The average Bonchev–Trinajstić information content (AvgIpc) is 3.27. The van der Waals surface area contributed by atoms with E-state index < -0.39 is 0 Å². The number of benzene rings is 1. The molecule has 8 nitrogen and oxygen atoms in total. The molecule has 2 fully saturated rings. The van der Waals surface area contributed by atoms with Crippen molar-refractivity contribution in [1.29, 1.82) is 0 Å². The maximum Gasteiger partial charge on any atom is 0.262 e. The Balaban J connectivity index is 1.28. The second-order valence-electron chi connectivity index (χ2n) is 9.24. The predicted octanol–water partition coefficient (Wildman–Crippen LogP) is 3.46. The molecule has 1 atom stereocenters.